The molecular weight excluding hydrogens is 300 g/mol. The first kappa shape index (κ1) is 16.6. The van der Waals surface area contributed by atoms with E-state index in [-0.39, 0.29) is 17.5 Å². The van der Waals surface area contributed by atoms with Crippen LogP contribution in [-0.2, 0) is 14.3 Å². The topological polar surface area (TPSA) is 43.4 Å². The van der Waals surface area contributed by atoms with Crippen molar-refractivity contribution in [2.24, 2.45) is 34.5 Å². The number of ether oxygens (including phenoxy) is 1. The molecular formula is C21H32O3. The van der Waals surface area contributed by atoms with E-state index in [9.17, 15) is 9.59 Å². The van der Waals surface area contributed by atoms with Gasteiger partial charge in [0.15, 0.2) is 0 Å². The fraction of sp³-hybridized carbons (Fsp3) is 0.905. The summed E-state index contributed by atoms with van der Waals surface area (Å²) in [6, 6.07) is 0. The predicted octanol–water partition coefficient (Wildman–Crippen LogP) is 4.53. The smallest absolute Gasteiger partial charge is 0.302 e. The van der Waals surface area contributed by atoms with E-state index in [2.05, 4.69) is 13.8 Å². The molecule has 24 heavy (non-hydrogen) atoms. The van der Waals surface area contributed by atoms with Crippen molar-refractivity contribution in [3.8, 4) is 0 Å². The Morgan fingerprint density at radius 3 is 2.46 bits per heavy atom. The molecule has 7 atom stereocenters. The first-order chi connectivity index (χ1) is 11.3. The minimum Gasteiger partial charge on any atom is -0.463 e. The Hall–Kier alpha value is -0.860. The zero-order chi connectivity index (χ0) is 17.1. The van der Waals surface area contributed by atoms with E-state index in [1.807, 2.05) is 0 Å². The molecule has 4 aliphatic rings. The summed E-state index contributed by atoms with van der Waals surface area (Å²) < 4.78 is 5.56. The molecule has 3 nitrogen and oxygen atoms in total. The van der Waals surface area contributed by atoms with Crippen LogP contribution in [0.15, 0.2) is 0 Å². The van der Waals surface area contributed by atoms with Crippen LogP contribution in [-0.4, -0.2) is 17.9 Å². The Labute approximate surface area is 145 Å². The van der Waals surface area contributed by atoms with Crippen LogP contribution >= 0.6 is 0 Å². The SMILES string of the molecule is CC(=O)O[C@@H]1CC[C@@H]2[C@H]3CC[C@]4(C)C(=O)CC[C@H]4[C@@H]3CC[C@@]2(C)C1. The second-order valence-corrected chi connectivity index (χ2v) is 9.66. The Morgan fingerprint density at radius 2 is 1.71 bits per heavy atom. The number of ketones is 1. The van der Waals surface area contributed by atoms with Crippen LogP contribution in [0.3, 0.4) is 0 Å². The van der Waals surface area contributed by atoms with Gasteiger partial charge in [-0.1, -0.05) is 13.8 Å². The van der Waals surface area contributed by atoms with Gasteiger partial charge in [-0.05, 0) is 80.5 Å². The first-order valence-corrected chi connectivity index (χ1v) is 10.0. The molecule has 0 heterocycles. The zero-order valence-electron chi connectivity index (χ0n) is 15.5. The molecule has 0 aromatic heterocycles. The van der Waals surface area contributed by atoms with Crippen LogP contribution in [0.4, 0.5) is 0 Å². The third-order valence-corrected chi connectivity index (χ3v) is 8.49. The number of rotatable bonds is 1. The Bertz CT molecular complexity index is 555. The van der Waals surface area contributed by atoms with E-state index in [4.69, 9.17) is 4.74 Å². The van der Waals surface area contributed by atoms with Crippen molar-refractivity contribution in [3.63, 3.8) is 0 Å². The number of esters is 1. The van der Waals surface area contributed by atoms with E-state index in [1.54, 1.807) is 0 Å². The van der Waals surface area contributed by atoms with Gasteiger partial charge in [-0.15, -0.1) is 0 Å². The Morgan fingerprint density at radius 1 is 1.00 bits per heavy atom. The van der Waals surface area contributed by atoms with Crippen molar-refractivity contribution in [1.82, 2.24) is 0 Å². The summed E-state index contributed by atoms with van der Waals surface area (Å²) >= 11 is 0. The predicted molar refractivity (Wildman–Crippen MR) is 92.3 cm³/mol. The molecule has 0 saturated heterocycles. The number of Topliss-reactive ketones (excluding diaryl/α,β-unsaturated/α-hetero) is 1. The van der Waals surface area contributed by atoms with Gasteiger partial charge in [0.2, 0.25) is 0 Å². The highest BCUT2D eigenvalue weighted by molar-refractivity contribution is 5.87. The molecule has 0 radical (unpaired) electrons. The van der Waals surface area contributed by atoms with E-state index < -0.39 is 0 Å². The van der Waals surface area contributed by atoms with Gasteiger partial charge < -0.3 is 4.74 Å². The molecule has 0 aliphatic heterocycles. The van der Waals surface area contributed by atoms with Gasteiger partial charge in [0, 0.05) is 18.8 Å². The van der Waals surface area contributed by atoms with Crippen molar-refractivity contribution >= 4 is 11.8 Å². The van der Waals surface area contributed by atoms with Crippen molar-refractivity contribution in [2.45, 2.75) is 84.7 Å². The number of fused-ring (bicyclic) bond motifs is 5. The fourth-order valence-electron chi connectivity index (χ4n) is 7.34. The van der Waals surface area contributed by atoms with Crippen molar-refractivity contribution in [2.75, 3.05) is 0 Å². The van der Waals surface area contributed by atoms with Crippen LogP contribution in [0.25, 0.3) is 0 Å². The summed E-state index contributed by atoms with van der Waals surface area (Å²) in [7, 11) is 0. The highest BCUT2D eigenvalue weighted by Gasteiger charge is 2.59. The number of hydrogen-bond acceptors (Lipinski definition) is 3. The molecule has 0 N–H and O–H groups in total. The summed E-state index contributed by atoms with van der Waals surface area (Å²) in [5, 5.41) is 0. The lowest BCUT2D eigenvalue weighted by molar-refractivity contribution is -0.158. The number of carbonyl (C=O) groups excluding carboxylic acids is 2. The third-order valence-electron chi connectivity index (χ3n) is 8.49. The van der Waals surface area contributed by atoms with Crippen LogP contribution in [0.1, 0.15) is 78.6 Å². The maximum atomic E-state index is 12.4. The summed E-state index contributed by atoms with van der Waals surface area (Å²) in [4.78, 5) is 23.8. The molecule has 0 bridgehead atoms. The minimum absolute atomic E-state index is 0.0101. The van der Waals surface area contributed by atoms with Crippen LogP contribution in [0.2, 0.25) is 0 Å². The Kier molecular flexibility index (Phi) is 3.85. The molecule has 0 unspecified atom stereocenters. The van der Waals surface area contributed by atoms with Gasteiger partial charge >= 0.3 is 5.97 Å². The fourth-order valence-corrected chi connectivity index (χ4v) is 7.34. The van der Waals surface area contributed by atoms with Gasteiger partial charge in [-0.25, -0.2) is 0 Å². The highest BCUT2D eigenvalue weighted by atomic mass is 16.5. The largest absolute Gasteiger partial charge is 0.463 e. The molecule has 4 fully saturated rings. The maximum Gasteiger partial charge on any atom is 0.302 e. The monoisotopic (exact) mass is 332 g/mol. The standard InChI is InChI=1S/C21H32O3/c1-13(22)24-14-4-5-17-15-9-11-21(3)18(6-7-19(21)23)16(15)8-10-20(17,2)12-14/h14-18H,4-12H2,1-3H3/t14-,15+,16-,17-,18+,20+,21+/m1/s1. The minimum atomic E-state index is -0.131. The van der Waals surface area contributed by atoms with Gasteiger partial charge in [0.05, 0.1) is 0 Å². The molecule has 0 spiro atoms. The van der Waals surface area contributed by atoms with Crippen LogP contribution < -0.4 is 0 Å². The summed E-state index contributed by atoms with van der Waals surface area (Å²) in [5.41, 5.74) is 0.319. The average molecular weight is 332 g/mol. The summed E-state index contributed by atoms with van der Waals surface area (Å²) in [6.07, 6.45) is 10.2. The van der Waals surface area contributed by atoms with Crippen molar-refractivity contribution in [3.05, 3.63) is 0 Å². The number of carbonyl (C=O) groups is 2. The van der Waals surface area contributed by atoms with Gasteiger partial charge in [0.1, 0.15) is 11.9 Å². The molecule has 0 aromatic carbocycles. The van der Waals surface area contributed by atoms with Gasteiger partial charge in [-0.2, -0.15) is 0 Å². The lowest BCUT2D eigenvalue weighted by Gasteiger charge is -2.58. The normalized spacial score (nSPS) is 50.6. The van der Waals surface area contributed by atoms with E-state index in [0.29, 0.717) is 17.1 Å². The molecule has 3 heteroatoms. The zero-order valence-corrected chi connectivity index (χ0v) is 15.5. The maximum absolute atomic E-state index is 12.4. The molecule has 4 saturated carbocycles. The second kappa shape index (κ2) is 5.57. The van der Waals surface area contributed by atoms with Crippen LogP contribution in [0, 0.1) is 34.5 Å². The van der Waals surface area contributed by atoms with Crippen molar-refractivity contribution in [1.29, 1.82) is 0 Å². The Balaban J connectivity index is 1.53. The summed E-state index contributed by atoms with van der Waals surface area (Å²) in [5.74, 6) is 3.37. The van der Waals surface area contributed by atoms with Crippen molar-refractivity contribution < 1.29 is 14.3 Å². The lowest BCUT2D eigenvalue weighted by atomic mass is 9.46. The van der Waals surface area contributed by atoms with E-state index in [0.717, 1.165) is 49.9 Å². The molecule has 4 rings (SSSR count). The lowest BCUT2D eigenvalue weighted by Crippen LogP contribution is -2.52. The second-order valence-electron chi connectivity index (χ2n) is 9.66. The number of hydrogen-bond donors (Lipinski definition) is 0. The molecule has 0 amide bonds. The molecule has 134 valence electrons. The quantitative estimate of drug-likeness (QED) is 0.663. The van der Waals surface area contributed by atoms with Gasteiger partial charge in [-0.3, -0.25) is 9.59 Å². The molecule has 0 aromatic rings. The average Bonchev–Trinajstić information content (AvgIpc) is 2.81. The molecule has 4 aliphatic carbocycles. The van der Waals surface area contributed by atoms with Gasteiger partial charge in [0.25, 0.3) is 0 Å². The summed E-state index contributed by atoms with van der Waals surface area (Å²) in [6.45, 7) is 6.23. The highest BCUT2D eigenvalue weighted by Crippen LogP contribution is 2.64. The van der Waals surface area contributed by atoms with E-state index in [1.165, 1.54) is 32.6 Å². The van der Waals surface area contributed by atoms with Crippen LogP contribution in [0.5, 0.6) is 0 Å². The third kappa shape index (κ3) is 2.37. The first-order valence-electron chi connectivity index (χ1n) is 10.0. The van der Waals surface area contributed by atoms with E-state index >= 15 is 0 Å².